The van der Waals surface area contributed by atoms with E-state index < -0.39 is 10.0 Å². The van der Waals surface area contributed by atoms with Gasteiger partial charge in [0.15, 0.2) is 0 Å². The summed E-state index contributed by atoms with van der Waals surface area (Å²) in [5.74, 6) is 0.508. The number of nitrogens with zero attached hydrogens (tertiary/aromatic N) is 3. The van der Waals surface area contributed by atoms with Crippen molar-refractivity contribution < 1.29 is 8.42 Å². The fraction of sp³-hybridized carbons (Fsp3) is 0.615. The monoisotopic (exact) mass is 332 g/mol. The average Bonchev–Trinajstić information content (AvgIpc) is 2.66. The summed E-state index contributed by atoms with van der Waals surface area (Å²) in [6, 6.07) is 1.47. The minimum absolute atomic E-state index is 0.152. The van der Waals surface area contributed by atoms with E-state index in [9.17, 15) is 8.42 Å². The van der Waals surface area contributed by atoms with Gasteiger partial charge in [-0.3, -0.25) is 0 Å². The molecule has 8 heteroatoms. The first-order chi connectivity index (χ1) is 9.95. The molecular formula is C13H21ClN4O2S. The Hall–Kier alpha value is -0.890. The lowest BCUT2D eigenvalue weighted by Crippen LogP contribution is -2.34. The summed E-state index contributed by atoms with van der Waals surface area (Å²) in [6.07, 6.45) is 2.19. The van der Waals surface area contributed by atoms with Crippen LogP contribution in [0.2, 0.25) is 5.02 Å². The van der Waals surface area contributed by atoms with E-state index in [2.05, 4.69) is 15.2 Å². The van der Waals surface area contributed by atoms with E-state index in [1.165, 1.54) is 16.6 Å². The molecular weight excluding hydrogens is 312 g/mol. The average molecular weight is 333 g/mol. The van der Waals surface area contributed by atoms with Crippen molar-refractivity contribution in [1.29, 1.82) is 0 Å². The minimum Gasteiger partial charge on any atom is -0.369 e. The summed E-state index contributed by atoms with van der Waals surface area (Å²) in [5.41, 5.74) is 0. The Morgan fingerprint density at radius 1 is 1.33 bits per heavy atom. The summed E-state index contributed by atoms with van der Waals surface area (Å²) >= 11 is 6.09. The van der Waals surface area contributed by atoms with E-state index in [1.54, 1.807) is 0 Å². The Kier molecular flexibility index (Phi) is 5.43. The molecule has 0 amide bonds. The third-order valence-electron chi connectivity index (χ3n) is 3.48. The number of sulfonamides is 1. The highest BCUT2D eigenvalue weighted by molar-refractivity contribution is 7.89. The maximum absolute atomic E-state index is 12.7. The molecule has 1 saturated heterocycles. The van der Waals surface area contributed by atoms with Crippen molar-refractivity contribution in [1.82, 2.24) is 14.2 Å². The van der Waals surface area contributed by atoms with Crippen molar-refractivity contribution in [3.63, 3.8) is 0 Å². The molecule has 0 aliphatic carbocycles. The lowest BCUT2D eigenvalue weighted by Gasteiger charge is -2.20. The summed E-state index contributed by atoms with van der Waals surface area (Å²) in [4.78, 5) is 6.39. The first-order valence-electron chi connectivity index (χ1n) is 7.03. The van der Waals surface area contributed by atoms with Crippen molar-refractivity contribution in [2.75, 3.05) is 45.1 Å². The van der Waals surface area contributed by atoms with Crippen molar-refractivity contribution in [2.45, 2.75) is 18.2 Å². The number of likely N-dealkylation sites (N-methyl/N-ethyl adjacent to an activating group) is 1. The maximum atomic E-state index is 12.7. The van der Waals surface area contributed by atoms with Crippen LogP contribution in [0.15, 0.2) is 17.2 Å². The summed E-state index contributed by atoms with van der Waals surface area (Å²) in [5, 5.41) is 3.32. The smallest absolute Gasteiger partial charge is 0.244 e. The van der Waals surface area contributed by atoms with Crippen molar-refractivity contribution in [2.24, 2.45) is 0 Å². The topological polar surface area (TPSA) is 65.5 Å². The van der Waals surface area contributed by atoms with Gasteiger partial charge in [-0.1, -0.05) is 11.6 Å². The third kappa shape index (κ3) is 3.85. The number of rotatable bonds is 4. The predicted molar refractivity (Wildman–Crippen MR) is 84.3 cm³/mol. The number of nitrogens with one attached hydrogen (secondary N) is 1. The molecule has 1 aliphatic heterocycles. The molecule has 118 valence electrons. The minimum atomic E-state index is -3.53. The zero-order valence-corrected chi connectivity index (χ0v) is 13.9. The van der Waals surface area contributed by atoms with Crippen molar-refractivity contribution >= 4 is 27.4 Å². The van der Waals surface area contributed by atoms with Crippen LogP contribution in [0.5, 0.6) is 0 Å². The zero-order valence-electron chi connectivity index (χ0n) is 12.3. The number of aromatic nitrogens is 1. The van der Waals surface area contributed by atoms with E-state index in [4.69, 9.17) is 11.6 Å². The van der Waals surface area contributed by atoms with E-state index in [1.807, 2.05) is 14.0 Å². The normalized spacial score (nSPS) is 18.4. The van der Waals surface area contributed by atoms with Gasteiger partial charge in [-0.05, 0) is 33.0 Å². The Bertz CT molecular complexity index is 594. The van der Waals surface area contributed by atoms with Crippen LogP contribution in [0.1, 0.15) is 13.3 Å². The van der Waals surface area contributed by atoms with Gasteiger partial charge < -0.3 is 10.2 Å². The van der Waals surface area contributed by atoms with Crippen molar-refractivity contribution in [3.8, 4) is 0 Å². The van der Waals surface area contributed by atoms with Crippen LogP contribution in [0.3, 0.4) is 0 Å². The maximum Gasteiger partial charge on any atom is 0.244 e. The van der Waals surface area contributed by atoms with Crippen molar-refractivity contribution in [3.05, 3.63) is 17.3 Å². The molecule has 2 heterocycles. The van der Waals surface area contributed by atoms with Gasteiger partial charge >= 0.3 is 0 Å². The van der Waals surface area contributed by atoms with Crippen LogP contribution in [-0.4, -0.2) is 62.4 Å². The van der Waals surface area contributed by atoms with Crippen LogP contribution in [0.25, 0.3) is 0 Å². The first kappa shape index (κ1) is 16.5. The molecule has 0 atom stereocenters. The molecule has 0 spiro atoms. The molecule has 0 radical (unpaired) electrons. The van der Waals surface area contributed by atoms with Gasteiger partial charge in [0.1, 0.15) is 10.7 Å². The highest BCUT2D eigenvalue weighted by atomic mass is 35.5. The molecule has 1 fully saturated rings. The SMILES string of the molecule is CCNc1ncc(S(=O)(=O)N2CCCN(C)CC2)cc1Cl. The van der Waals surface area contributed by atoms with Gasteiger partial charge in [-0.15, -0.1) is 0 Å². The van der Waals surface area contributed by atoms with E-state index >= 15 is 0 Å². The van der Waals surface area contributed by atoms with Gasteiger partial charge in [0.05, 0.1) is 5.02 Å². The third-order valence-corrected chi connectivity index (χ3v) is 5.63. The second-order valence-electron chi connectivity index (χ2n) is 5.09. The zero-order chi connectivity index (χ0) is 15.5. The number of hydrogen-bond acceptors (Lipinski definition) is 5. The van der Waals surface area contributed by atoms with Crippen LogP contribution in [-0.2, 0) is 10.0 Å². The molecule has 21 heavy (non-hydrogen) atoms. The molecule has 0 aromatic carbocycles. The fourth-order valence-corrected chi connectivity index (χ4v) is 4.01. The van der Waals surface area contributed by atoms with Gasteiger partial charge in [0.25, 0.3) is 0 Å². The molecule has 1 N–H and O–H groups in total. The van der Waals surface area contributed by atoms with E-state index in [0.717, 1.165) is 19.5 Å². The predicted octanol–water partition coefficient (Wildman–Crippen LogP) is 1.49. The Labute approximate surface area is 131 Å². The summed E-state index contributed by atoms with van der Waals surface area (Å²) < 4.78 is 26.8. The Morgan fingerprint density at radius 3 is 2.76 bits per heavy atom. The molecule has 1 aliphatic rings. The molecule has 6 nitrogen and oxygen atoms in total. The molecule has 0 unspecified atom stereocenters. The second-order valence-corrected chi connectivity index (χ2v) is 7.44. The van der Waals surface area contributed by atoms with Gasteiger partial charge in [0.2, 0.25) is 10.0 Å². The number of hydrogen-bond donors (Lipinski definition) is 1. The highest BCUT2D eigenvalue weighted by Gasteiger charge is 2.27. The van der Waals surface area contributed by atoms with Crippen LogP contribution in [0.4, 0.5) is 5.82 Å². The quantitative estimate of drug-likeness (QED) is 0.905. The largest absolute Gasteiger partial charge is 0.369 e. The van der Waals surface area contributed by atoms with Crippen LogP contribution < -0.4 is 5.32 Å². The standard InChI is InChI=1S/C13H21ClN4O2S/c1-3-15-13-12(14)9-11(10-16-13)21(19,20)18-6-4-5-17(2)7-8-18/h9-10H,3-8H2,1-2H3,(H,15,16). The molecule has 1 aromatic heterocycles. The molecule has 0 bridgehead atoms. The van der Waals surface area contributed by atoms with Gasteiger partial charge in [-0.25, -0.2) is 13.4 Å². The first-order valence-corrected chi connectivity index (χ1v) is 8.85. The van der Waals surface area contributed by atoms with Gasteiger partial charge in [0, 0.05) is 32.4 Å². The second kappa shape index (κ2) is 6.91. The van der Waals surface area contributed by atoms with Crippen LogP contribution >= 0.6 is 11.6 Å². The van der Waals surface area contributed by atoms with Gasteiger partial charge in [-0.2, -0.15) is 4.31 Å². The van der Waals surface area contributed by atoms with E-state index in [0.29, 0.717) is 30.5 Å². The highest BCUT2D eigenvalue weighted by Crippen LogP contribution is 2.24. The Balaban J connectivity index is 2.24. The lowest BCUT2D eigenvalue weighted by molar-refractivity contribution is 0.347. The lowest BCUT2D eigenvalue weighted by atomic mass is 10.4. The molecule has 0 saturated carbocycles. The van der Waals surface area contributed by atoms with Crippen LogP contribution in [0, 0.1) is 0 Å². The summed E-state index contributed by atoms with van der Waals surface area (Å²) in [7, 11) is -1.53. The van der Waals surface area contributed by atoms with E-state index in [-0.39, 0.29) is 4.90 Å². The fourth-order valence-electron chi connectivity index (χ4n) is 2.27. The molecule has 2 rings (SSSR count). The number of anilines is 1. The number of halogens is 1. The molecule has 1 aromatic rings. The summed E-state index contributed by atoms with van der Waals surface area (Å²) in [6.45, 7) is 5.26. The Morgan fingerprint density at radius 2 is 2.10 bits per heavy atom. The number of pyridine rings is 1.